The van der Waals surface area contributed by atoms with Crippen molar-refractivity contribution in [2.24, 2.45) is 0 Å². The van der Waals surface area contributed by atoms with E-state index < -0.39 is 0 Å². The molecule has 0 heterocycles. The number of ketones is 1. The number of carbonyl (C=O) groups is 1. The van der Waals surface area contributed by atoms with Crippen LogP contribution >= 0.6 is 11.8 Å². The summed E-state index contributed by atoms with van der Waals surface area (Å²) in [7, 11) is 0. The zero-order chi connectivity index (χ0) is 9.52. The molecular weight excluding hydrogens is 180 g/mol. The molecule has 0 radical (unpaired) electrons. The van der Waals surface area contributed by atoms with E-state index in [1.54, 1.807) is 18.7 Å². The SMILES string of the molecule is CC(=O)CC=CSc1ccccc1. The highest BCUT2D eigenvalue weighted by Gasteiger charge is 1.88. The number of benzene rings is 1. The van der Waals surface area contributed by atoms with E-state index >= 15 is 0 Å². The Balaban J connectivity index is 2.35. The minimum absolute atomic E-state index is 0.199. The maximum absolute atomic E-state index is 10.6. The highest BCUT2D eigenvalue weighted by atomic mass is 32.2. The van der Waals surface area contributed by atoms with Crippen LogP contribution in [0.25, 0.3) is 0 Å². The summed E-state index contributed by atoms with van der Waals surface area (Å²) in [5, 5.41) is 1.96. The van der Waals surface area contributed by atoms with Crippen molar-refractivity contribution < 1.29 is 4.79 Å². The second-order valence-electron chi connectivity index (χ2n) is 2.71. The van der Waals surface area contributed by atoms with Gasteiger partial charge in [0.15, 0.2) is 0 Å². The molecule has 0 unspecified atom stereocenters. The molecule has 1 rings (SSSR count). The Morgan fingerprint density at radius 3 is 2.69 bits per heavy atom. The number of thioether (sulfide) groups is 1. The van der Waals surface area contributed by atoms with Crippen LogP contribution in [0.1, 0.15) is 13.3 Å². The van der Waals surface area contributed by atoms with Crippen LogP contribution in [0.2, 0.25) is 0 Å². The highest BCUT2D eigenvalue weighted by Crippen LogP contribution is 2.17. The predicted molar refractivity (Wildman–Crippen MR) is 56.7 cm³/mol. The van der Waals surface area contributed by atoms with E-state index in [2.05, 4.69) is 0 Å². The summed E-state index contributed by atoms with van der Waals surface area (Å²) in [4.78, 5) is 11.8. The third kappa shape index (κ3) is 4.53. The van der Waals surface area contributed by atoms with Crippen molar-refractivity contribution in [2.45, 2.75) is 18.2 Å². The van der Waals surface area contributed by atoms with E-state index in [1.807, 2.05) is 41.8 Å². The van der Waals surface area contributed by atoms with Gasteiger partial charge in [-0.05, 0) is 24.5 Å². The van der Waals surface area contributed by atoms with E-state index in [-0.39, 0.29) is 5.78 Å². The van der Waals surface area contributed by atoms with Gasteiger partial charge in [-0.3, -0.25) is 4.79 Å². The number of Topliss-reactive ketones (excluding diaryl/α,β-unsaturated/α-hetero) is 1. The Morgan fingerprint density at radius 1 is 1.38 bits per heavy atom. The van der Waals surface area contributed by atoms with Gasteiger partial charge in [0, 0.05) is 11.3 Å². The van der Waals surface area contributed by atoms with Crippen LogP contribution in [0.15, 0.2) is 46.7 Å². The second kappa shape index (κ2) is 5.60. The molecule has 0 aromatic heterocycles. The van der Waals surface area contributed by atoms with Gasteiger partial charge in [-0.15, -0.1) is 0 Å². The van der Waals surface area contributed by atoms with Crippen LogP contribution in [-0.2, 0) is 4.79 Å². The van der Waals surface area contributed by atoms with E-state index in [0.717, 1.165) is 0 Å². The monoisotopic (exact) mass is 192 g/mol. The number of carbonyl (C=O) groups excluding carboxylic acids is 1. The smallest absolute Gasteiger partial charge is 0.133 e. The van der Waals surface area contributed by atoms with Crippen molar-refractivity contribution in [2.75, 3.05) is 0 Å². The largest absolute Gasteiger partial charge is 0.300 e. The first kappa shape index (κ1) is 10.1. The minimum Gasteiger partial charge on any atom is -0.300 e. The van der Waals surface area contributed by atoms with Crippen molar-refractivity contribution in [3.05, 3.63) is 41.8 Å². The first-order chi connectivity index (χ1) is 6.29. The second-order valence-corrected chi connectivity index (χ2v) is 3.69. The Labute approximate surface area is 82.9 Å². The van der Waals surface area contributed by atoms with Crippen molar-refractivity contribution in [3.8, 4) is 0 Å². The molecule has 0 amide bonds. The van der Waals surface area contributed by atoms with Gasteiger partial charge in [-0.25, -0.2) is 0 Å². The Bertz CT molecular complexity index is 290. The zero-order valence-electron chi connectivity index (χ0n) is 7.57. The summed E-state index contributed by atoms with van der Waals surface area (Å²) in [6, 6.07) is 10.1. The molecule has 0 saturated carbocycles. The van der Waals surface area contributed by atoms with Crippen LogP contribution in [0.3, 0.4) is 0 Å². The Morgan fingerprint density at radius 2 is 2.08 bits per heavy atom. The molecule has 2 heteroatoms. The Hall–Kier alpha value is -1.02. The molecule has 0 aliphatic heterocycles. The summed E-state index contributed by atoms with van der Waals surface area (Å²) in [6.45, 7) is 1.59. The van der Waals surface area contributed by atoms with Gasteiger partial charge >= 0.3 is 0 Å². The molecule has 68 valence electrons. The van der Waals surface area contributed by atoms with Crippen molar-refractivity contribution in [1.82, 2.24) is 0 Å². The number of hydrogen-bond acceptors (Lipinski definition) is 2. The summed E-state index contributed by atoms with van der Waals surface area (Å²) >= 11 is 1.63. The van der Waals surface area contributed by atoms with E-state index in [1.165, 1.54) is 4.90 Å². The van der Waals surface area contributed by atoms with Crippen molar-refractivity contribution in [1.29, 1.82) is 0 Å². The normalized spacial score (nSPS) is 10.5. The van der Waals surface area contributed by atoms with E-state index in [9.17, 15) is 4.79 Å². The van der Waals surface area contributed by atoms with Crippen LogP contribution in [0, 0.1) is 0 Å². The molecule has 0 atom stereocenters. The maximum atomic E-state index is 10.6. The molecular formula is C11H12OS. The molecule has 1 nitrogen and oxygen atoms in total. The molecule has 1 aromatic carbocycles. The molecule has 0 aliphatic carbocycles. The first-order valence-corrected chi connectivity index (χ1v) is 5.03. The standard InChI is InChI=1S/C11H12OS/c1-10(12)6-5-9-13-11-7-3-2-4-8-11/h2-5,7-9H,6H2,1H3. The number of hydrogen-bond donors (Lipinski definition) is 0. The molecule has 13 heavy (non-hydrogen) atoms. The third-order valence-electron chi connectivity index (χ3n) is 1.45. The molecule has 0 aliphatic rings. The summed E-state index contributed by atoms with van der Waals surface area (Å²) < 4.78 is 0. The van der Waals surface area contributed by atoms with Crippen LogP contribution in [0.4, 0.5) is 0 Å². The average molecular weight is 192 g/mol. The molecule has 0 N–H and O–H groups in total. The Kier molecular flexibility index (Phi) is 4.33. The third-order valence-corrected chi connectivity index (χ3v) is 2.32. The lowest BCUT2D eigenvalue weighted by Crippen LogP contribution is -1.83. The van der Waals surface area contributed by atoms with Gasteiger partial charge in [-0.2, -0.15) is 0 Å². The van der Waals surface area contributed by atoms with Gasteiger partial charge in [0.05, 0.1) is 0 Å². The van der Waals surface area contributed by atoms with Crippen molar-refractivity contribution >= 4 is 17.5 Å². The fraction of sp³-hybridized carbons (Fsp3) is 0.182. The van der Waals surface area contributed by atoms with E-state index in [0.29, 0.717) is 6.42 Å². The topological polar surface area (TPSA) is 17.1 Å². The summed E-state index contributed by atoms with van der Waals surface area (Å²) in [6.07, 6.45) is 2.42. The van der Waals surface area contributed by atoms with Crippen LogP contribution in [-0.4, -0.2) is 5.78 Å². The highest BCUT2D eigenvalue weighted by molar-refractivity contribution is 8.02. The van der Waals surface area contributed by atoms with Gasteiger partial charge < -0.3 is 0 Å². The first-order valence-electron chi connectivity index (χ1n) is 4.15. The quantitative estimate of drug-likeness (QED) is 0.681. The van der Waals surface area contributed by atoms with Gasteiger partial charge in [0.1, 0.15) is 5.78 Å². The summed E-state index contributed by atoms with van der Waals surface area (Å²) in [5.41, 5.74) is 0. The van der Waals surface area contributed by atoms with E-state index in [4.69, 9.17) is 0 Å². The minimum atomic E-state index is 0.199. The molecule has 1 aromatic rings. The molecule has 0 spiro atoms. The van der Waals surface area contributed by atoms with Crippen LogP contribution in [0.5, 0.6) is 0 Å². The van der Waals surface area contributed by atoms with Gasteiger partial charge in [0.2, 0.25) is 0 Å². The lowest BCUT2D eigenvalue weighted by atomic mass is 10.3. The molecule has 0 saturated heterocycles. The zero-order valence-corrected chi connectivity index (χ0v) is 8.38. The summed E-state index contributed by atoms with van der Waals surface area (Å²) in [5.74, 6) is 0.199. The maximum Gasteiger partial charge on any atom is 0.133 e. The fourth-order valence-corrected chi connectivity index (χ4v) is 1.50. The van der Waals surface area contributed by atoms with Gasteiger partial charge in [-0.1, -0.05) is 36.0 Å². The molecule has 0 fully saturated rings. The lowest BCUT2D eigenvalue weighted by molar-refractivity contribution is -0.116. The predicted octanol–water partition coefficient (Wildman–Crippen LogP) is 3.27. The van der Waals surface area contributed by atoms with Crippen molar-refractivity contribution in [3.63, 3.8) is 0 Å². The number of allylic oxidation sites excluding steroid dienone is 1. The average Bonchev–Trinajstić information content (AvgIpc) is 2.14. The molecule has 0 bridgehead atoms. The fourth-order valence-electron chi connectivity index (χ4n) is 0.840. The lowest BCUT2D eigenvalue weighted by Gasteiger charge is -1.92. The van der Waals surface area contributed by atoms with Gasteiger partial charge in [0.25, 0.3) is 0 Å². The number of rotatable bonds is 4. The van der Waals surface area contributed by atoms with Crippen LogP contribution < -0.4 is 0 Å².